The molecule has 0 atom stereocenters. The second-order valence-corrected chi connectivity index (χ2v) is 5.55. The van der Waals surface area contributed by atoms with Gasteiger partial charge in [0.2, 0.25) is 0 Å². The minimum atomic E-state index is 0. The number of hydrogen-bond donors (Lipinski definition) is 2. The van der Waals surface area contributed by atoms with Gasteiger partial charge in [0.25, 0.3) is 0 Å². The van der Waals surface area contributed by atoms with Crippen LogP contribution in [-0.2, 0) is 6.54 Å². The molecule has 5 nitrogen and oxygen atoms in total. The average molecular weight is 449 g/mol. The number of nitrogens with zero attached hydrogens (tertiary/aromatic N) is 1. The van der Waals surface area contributed by atoms with Crippen molar-refractivity contribution >= 4 is 29.9 Å². The van der Waals surface area contributed by atoms with Crippen molar-refractivity contribution in [3.05, 3.63) is 23.8 Å². The molecule has 0 amide bonds. The average Bonchev–Trinajstić information content (AvgIpc) is 2.58. The third-order valence-electron chi connectivity index (χ3n) is 3.74. The number of ether oxygens (including phenoxy) is 2. The summed E-state index contributed by atoms with van der Waals surface area (Å²) in [7, 11) is 3.26. The topological polar surface area (TPSA) is 68.9 Å². The van der Waals surface area contributed by atoms with Crippen LogP contribution in [0.3, 0.4) is 0 Å². The highest BCUT2D eigenvalue weighted by Crippen LogP contribution is 2.30. The van der Waals surface area contributed by atoms with Crippen LogP contribution in [0, 0.1) is 0 Å². The van der Waals surface area contributed by atoms with Crippen molar-refractivity contribution < 1.29 is 9.47 Å². The molecule has 0 spiro atoms. The summed E-state index contributed by atoms with van der Waals surface area (Å²) in [6.07, 6.45) is 7.61. The SMILES string of the molecule is CCCCCCCCNC(N)=NCc1cccc(OC)c1OC.I. The van der Waals surface area contributed by atoms with Crippen LogP contribution in [0.1, 0.15) is 51.0 Å². The molecule has 6 heteroatoms. The van der Waals surface area contributed by atoms with E-state index in [4.69, 9.17) is 15.2 Å². The van der Waals surface area contributed by atoms with Crippen molar-refractivity contribution in [3.8, 4) is 11.5 Å². The van der Waals surface area contributed by atoms with E-state index in [1.807, 2.05) is 18.2 Å². The summed E-state index contributed by atoms with van der Waals surface area (Å²) >= 11 is 0. The molecule has 0 radical (unpaired) electrons. The Morgan fingerprint density at radius 1 is 1.08 bits per heavy atom. The van der Waals surface area contributed by atoms with Crippen LogP contribution in [0.15, 0.2) is 23.2 Å². The van der Waals surface area contributed by atoms with Gasteiger partial charge in [0.1, 0.15) is 0 Å². The lowest BCUT2D eigenvalue weighted by Crippen LogP contribution is -2.32. The van der Waals surface area contributed by atoms with Crippen LogP contribution < -0.4 is 20.5 Å². The molecule has 0 saturated heterocycles. The molecule has 0 unspecified atom stereocenters. The van der Waals surface area contributed by atoms with Crippen molar-refractivity contribution in [1.82, 2.24) is 5.32 Å². The van der Waals surface area contributed by atoms with Gasteiger partial charge in [-0.1, -0.05) is 51.2 Å². The van der Waals surface area contributed by atoms with Crippen molar-refractivity contribution in [3.63, 3.8) is 0 Å². The van der Waals surface area contributed by atoms with Crippen LogP contribution in [0.2, 0.25) is 0 Å². The molecule has 0 aliphatic rings. The van der Waals surface area contributed by atoms with Gasteiger partial charge in [-0.05, 0) is 12.5 Å². The molecule has 1 rings (SSSR count). The first-order chi connectivity index (χ1) is 11.2. The van der Waals surface area contributed by atoms with Crippen LogP contribution in [-0.4, -0.2) is 26.7 Å². The normalized spacial score (nSPS) is 10.9. The monoisotopic (exact) mass is 449 g/mol. The number of aliphatic imine (C=N–C) groups is 1. The molecule has 0 saturated carbocycles. The molecule has 0 heterocycles. The number of unbranched alkanes of at least 4 members (excludes halogenated alkanes) is 5. The number of benzene rings is 1. The predicted molar refractivity (Wildman–Crippen MR) is 112 cm³/mol. The number of rotatable bonds is 11. The van der Waals surface area contributed by atoms with E-state index in [0.717, 1.165) is 18.5 Å². The van der Waals surface area contributed by atoms with Crippen LogP contribution in [0.25, 0.3) is 0 Å². The first-order valence-electron chi connectivity index (χ1n) is 8.46. The van der Waals surface area contributed by atoms with Gasteiger partial charge in [-0.15, -0.1) is 24.0 Å². The van der Waals surface area contributed by atoms with Crippen molar-refractivity contribution in [2.75, 3.05) is 20.8 Å². The first kappa shape index (κ1) is 22.8. The van der Waals surface area contributed by atoms with Crippen molar-refractivity contribution in [2.24, 2.45) is 10.7 Å². The van der Waals surface area contributed by atoms with Crippen LogP contribution in [0.5, 0.6) is 11.5 Å². The van der Waals surface area contributed by atoms with Gasteiger partial charge in [0.15, 0.2) is 17.5 Å². The number of methoxy groups -OCH3 is 2. The second kappa shape index (κ2) is 14.2. The van der Waals surface area contributed by atoms with Gasteiger partial charge in [0, 0.05) is 12.1 Å². The summed E-state index contributed by atoms with van der Waals surface area (Å²) in [6.45, 7) is 3.57. The Labute approximate surface area is 163 Å². The number of para-hydroxylation sites is 1. The Balaban J connectivity index is 0.00000529. The summed E-state index contributed by atoms with van der Waals surface area (Å²) in [5.41, 5.74) is 6.87. The fourth-order valence-electron chi connectivity index (χ4n) is 2.43. The maximum Gasteiger partial charge on any atom is 0.188 e. The van der Waals surface area contributed by atoms with E-state index in [0.29, 0.717) is 24.0 Å². The zero-order valence-corrected chi connectivity index (χ0v) is 17.5. The zero-order chi connectivity index (χ0) is 16.9. The van der Waals surface area contributed by atoms with Crippen molar-refractivity contribution in [2.45, 2.75) is 52.0 Å². The molecule has 0 bridgehead atoms. The first-order valence-corrected chi connectivity index (χ1v) is 8.46. The van der Waals surface area contributed by atoms with E-state index in [9.17, 15) is 0 Å². The van der Waals surface area contributed by atoms with E-state index in [-0.39, 0.29) is 24.0 Å². The van der Waals surface area contributed by atoms with E-state index >= 15 is 0 Å². The Morgan fingerprint density at radius 2 is 1.79 bits per heavy atom. The van der Waals surface area contributed by atoms with Crippen LogP contribution in [0.4, 0.5) is 0 Å². The Hall–Kier alpha value is -1.18. The molecule has 0 aliphatic carbocycles. The molecule has 0 fully saturated rings. The van der Waals surface area contributed by atoms with Gasteiger partial charge < -0.3 is 20.5 Å². The molecular weight excluding hydrogens is 417 g/mol. The third kappa shape index (κ3) is 8.61. The van der Waals surface area contributed by atoms with E-state index in [2.05, 4.69) is 17.2 Å². The highest BCUT2D eigenvalue weighted by molar-refractivity contribution is 14.0. The Morgan fingerprint density at radius 3 is 2.46 bits per heavy atom. The molecule has 1 aromatic carbocycles. The molecule has 24 heavy (non-hydrogen) atoms. The summed E-state index contributed by atoms with van der Waals surface area (Å²) in [4.78, 5) is 4.37. The molecule has 0 aliphatic heterocycles. The molecule has 1 aromatic rings. The smallest absolute Gasteiger partial charge is 0.188 e. The lowest BCUT2D eigenvalue weighted by Gasteiger charge is -2.11. The van der Waals surface area contributed by atoms with Gasteiger partial charge in [0.05, 0.1) is 20.8 Å². The maximum absolute atomic E-state index is 5.91. The summed E-state index contributed by atoms with van der Waals surface area (Å²) < 4.78 is 10.7. The Kier molecular flexibility index (Phi) is 13.5. The molecule has 0 aromatic heterocycles. The van der Waals surface area contributed by atoms with E-state index < -0.39 is 0 Å². The summed E-state index contributed by atoms with van der Waals surface area (Å²) in [5, 5.41) is 3.17. The predicted octanol–water partition coefficient (Wildman–Crippen LogP) is 4.09. The highest BCUT2D eigenvalue weighted by atomic mass is 127. The van der Waals surface area contributed by atoms with E-state index in [1.54, 1.807) is 14.2 Å². The zero-order valence-electron chi connectivity index (χ0n) is 15.1. The lowest BCUT2D eigenvalue weighted by atomic mass is 10.1. The number of nitrogens with one attached hydrogen (secondary N) is 1. The number of guanidine groups is 1. The minimum Gasteiger partial charge on any atom is -0.493 e. The van der Waals surface area contributed by atoms with Gasteiger partial charge in [-0.2, -0.15) is 0 Å². The van der Waals surface area contributed by atoms with Crippen LogP contribution >= 0.6 is 24.0 Å². The number of hydrogen-bond acceptors (Lipinski definition) is 3. The molecular formula is C18H32IN3O2. The van der Waals surface area contributed by atoms with Gasteiger partial charge in [-0.25, -0.2) is 4.99 Å². The summed E-state index contributed by atoms with van der Waals surface area (Å²) in [5.74, 6) is 1.89. The van der Waals surface area contributed by atoms with Gasteiger partial charge in [-0.3, -0.25) is 0 Å². The van der Waals surface area contributed by atoms with E-state index in [1.165, 1.54) is 32.1 Å². The number of nitrogens with two attached hydrogens (primary N) is 1. The maximum atomic E-state index is 5.91. The number of halogens is 1. The van der Waals surface area contributed by atoms with Gasteiger partial charge >= 0.3 is 0 Å². The highest BCUT2D eigenvalue weighted by Gasteiger charge is 2.08. The van der Waals surface area contributed by atoms with Crippen molar-refractivity contribution in [1.29, 1.82) is 0 Å². The fourth-order valence-corrected chi connectivity index (χ4v) is 2.43. The molecule has 3 N–H and O–H groups in total. The quantitative estimate of drug-likeness (QED) is 0.231. The third-order valence-corrected chi connectivity index (χ3v) is 3.74. The standard InChI is InChI=1S/C18H31N3O2.HI/c1-4-5-6-7-8-9-13-20-18(19)21-14-15-11-10-12-16(22-2)17(15)23-3;/h10-12H,4-9,13-14H2,1-3H3,(H3,19,20,21);1H. The summed E-state index contributed by atoms with van der Waals surface area (Å²) in [6, 6.07) is 5.75. The largest absolute Gasteiger partial charge is 0.493 e. The molecule has 138 valence electrons. The lowest BCUT2D eigenvalue weighted by molar-refractivity contribution is 0.352. The Bertz CT molecular complexity index is 481. The minimum absolute atomic E-state index is 0. The fraction of sp³-hybridized carbons (Fsp3) is 0.611. The second-order valence-electron chi connectivity index (χ2n) is 5.55.